The smallest absolute Gasteiger partial charge is 0.189 e. The Kier molecular flexibility index (Phi) is 6.56. The third-order valence-electron chi connectivity index (χ3n) is 9.60. The van der Waals surface area contributed by atoms with Gasteiger partial charge in [-0.25, -0.2) is 4.85 Å². The summed E-state index contributed by atoms with van der Waals surface area (Å²) in [5, 5.41) is 24.5. The van der Waals surface area contributed by atoms with Crippen molar-refractivity contribution in [1.82, 2.24) is 9.13 Å². The van der Waals surface area contributed by atoms with E-state index < -0.39 is 0 Å². The Morgan fingerprint density at radius 3 is 1.74 bits per heavy atom. The molecular weight excluding hydrogens is 611 g/mol. The molecule has 0 spiro atoms. The molecule has 0 unspecified atom stereocenters. The fourth-order valence-corrected chi connectivity index (χ4v) is 7.39. The van der Waals surface area contributed by atoms with Crippen molar-refractivity contribution in [3.8, 4) is 45.8 Å². The Balaban J connectivity index is 1.21. The SMILES string of the molecule is [C-]#[N+]c1ccc(-c2cccc(-c3ccc(-n4c5ccccc5c5ccccc54)cc3C#N)c2)c(-n2c3ccccc3c3cc(C#N)ccc32)c1. The first-order valence-electron chi connectivity index (χ1n) is 16.3. The molecule has 0 fully saturated rings. The highest BCUT2D eigenvalue weighted by molar-refractivity contribution is 6.11. The summed E-state index contributed by atoms with van der Waals surface area (Å²) in [6.07, 6.45) is 0. The minimum Gasteiger partial charge on any atom is -0.310 e. The predicted octanol–water partition coefficient (Wildman–Crippen LogP) is 11.5. The van der Waals surface area contributed by atoms with Crippen molar-refractivity contribution >= 4 is 49.3 Å². The van der Waals surface area contributed by atoms with Crippen LogP contribution in [0.1, 0.15) is 11.1 Å². The van der Waals surface area contributed by atoms with Crippen LogP contribution in [0.3, 0.4) is 0 Å². The molecule has 0 atom stereocenters. The van der Waals surface area contributed by atoms with Crippen LogP contribution in [0.2, 0.25) is 0 Å². The standard InChI is InChI=1S/C45H25N5/c1-48-33-18-20-36(45(26-33)50-43-16-7-4-13-39(43)40-23-29(27-46)17-22-44(40)50)31-10-8-9-30(24-31)35-21-19-34(25-32(35)28-47)49-41-14-5-2-11-37(41)38-12-3-6-15-42(38)49/h2-26H. The third-order valence-corrected chi connectivity index (χ3v) is 9.60. The van der Waals surface area contributed by atoms with Gasteiger partial charge in [-0.1, -0.05) is 91.0 Å². The monoisotopic (exact) mass is 635 g/mol. The van der Waals surface area contributed by atoms with E-state index in [1.165, 1.54) is 10.8 Å². The summed E-state index contributed by atoms with van der Waals surface area (Å²) < 4.78 is 4.41. The molecular formula is C45H25N5. The van der Waals surface area contributed by atoms with Crippen LogP contribution in [0.15, 0.2) is 152 Å². The van der Waals surface area contributed by atoms with Crippen molar-refractivity contribution in [2.75, 3.05) is 0 Å². The van der Waals surface area contributed by atoms with Crippen molar-refractivity contribution in [1.29, 1.82) is 10.5 Å². The van der Waals surface area contributed by atoms with Crippen molar-refractivity contribution < 1.29 is 0 Å². The molecule has 0 amide bonds. The number of benzene rings is 7. The summed E-state index contributed by atoms with van der Waals surface area (Å²) in [7, 11) is 0. The van der Waals surface area contributed by atoms with Crippen LogP contribution in [-0.2, 0) is 0 Å². The molecule has 0 aliphatic rings. The van der Waals surface area contributed by atoms with E-state index in [1.54, 1.807) is 0 Å². The van der Waals surface area contributed by atoms with Crippen LogP contribution in [0, 0.1) is 29.2 Å². The van der Waals surface area contributed by atoms with Gasteiger partial charge in [-0.05, 0) is 77.4 Å². The van der Waals surface area contributed by atoms with Gasteiger partial charge in [-0.15, -0.1) is 0 Å². The summed E-state index contributed by atoms with van der Waals surface area (Å²) in [5.41, 5.74) is 11.3. The maximum Gasteiger partial charge on any atom is 0.189 e. The number of hydrogen-bond donors (Lipinski definition) is 0. The van der Waals surface area contributed by atoms with Crippen LogP contribution in [0.5, 0.6) is 0 Å². The second kappa shape index (κ2) is 11.4. The Hall–Kier alpha value is -7.39. The van der Waals surface area contributed by atoms with E-state index in [4.69, 9.17) is 6.57 Å². The summed E-state index contributed by atoms with van der Waals surface area (Å²) in [6, 6.07) is 55.5. The molecule has 0 saturated carbocycles. The molecule has 9 rings (SSSR count). The molecule has 2 aromatic heterocycles. The molecule has 5 nitrogen and oxygen atoms in total. The zero-order valence-corrected chi connectivity index (χ0v) is 26.7. The number of nitrogens with zero attached hydrogens (tertiary/aromatic N) is 5. The highest BCUT2D eigenvalue weighted by atomic mass is 15.0. The molecule has 0 bridgehead atoms. The number of aromatic nitrogens is 2. The Morgan fingerprint density at radius 2 is 1.08 bits per heavy atom. The van der Waals surface area contributed by atoms with Gasteiger partial charge in [0.15, 0.2) is 5.69 Å². The van der Waals surface area contributed by atoms with E-state index in [1.807, 2.05) is 84.9 Å². The second-order valence-electron chi connectivity index (χ2n) is 12.3. The molecule has 50 heavy (non-hydrogen) atoms. The van der Waals surface area contributed by atoms with Crippen LogP contribution in [0.25, 0.3) is 82.1 Å². The highest BCUT2D eigenvalue weighted by Crippen LogP contribution is 2.40. The molecule has 2 heterocycles. The van der Waals surface area contributed by atoms with Gasteiger partial charge in [-0.2, -0.15) is 10.5 Å². The Morgan fingerprint density at radius 1 is 0.480 bits per heavy atom. The first kappa shape index (κ1) is 28.8. The maximum atomic E-state index is 10.5. The molecule has 0 saturated heterocycles. The third kappa shape index (κ3) is 4.38. The zero-order valence-electron chi connectivity index (χ0n) is 26.7. The maximum absolute atomic E-state index is 10.5. The molecule has 7 aromatic carbocycles. The second-order valence-corrected chi connectivity index (χ2v) is 12.3. The summed E-state index contributed by atoms with van der Waals surface area (Å²) in [4.78, 5) is 3.77. The zero-order chi connectivity index (χ0) is 33.8. The fourth-order valence-electron chi connectivity index (χ4n) is 7.39. The lowest BCUT2D eigenvalue weighted by atomic mass is 9.95. The van der Waals surface area contributed by atoms with Gasteiger partial charge in [0.25, 0.3) is 0 Å². The van der Waals surface area contributed by atoms with Crippen LogP contribution in [0.4, 0.5) is 5.69 Å². The number of rotatable bonds is 4. The van der Waals surface area contributed by atoms with Gasteiger partial charge in [0.05, 0.1) is 51.9 Å². The lowest BCUT2D eigenvalue weighted by Crippen LogP contribution is -1.98. The topological polar surface area (TPSA) is 61.8 Å². The Labute approximate surface area is 288 Å². The average molecular weight is 636 g/mol. The quantitative estimate of drug-likeness (QED) is 0.181. The van der Waals surface area contributed by atoms with Gasteiger partial charge in [-0.3, -0.25) is 0 Å². The van der Waals surface area contributed by atoms with Gasteiger partial charge in [0.1, 0.15) is 0 Å². The fraction of sp³-hybridized carbons (Fsp3) is 0. The van der Waals surface area contributed by atoms with Crippen molar-refractivity contribution in [2.24, 2.45) is 0 Å². The molecule has 0 radical (unpaired) electrons. The first-order chi connectivity index (χ1) is 24.7. The molecule has 5 heteroatoms. The van der Waals surface area contributed by atoms with Gasteiger partial charge in [0, 0.05) is 38.5 Å². The lowest BCUT2D eigenvalue weighted by molar-refractivity contribution is 1.18. The van der Waals surface area contributed by atoms with Crippen molar-refractivity contribution in [3.05, 3.63) is 174 Å². The minimum atomic E-state index is 0.534. The predicted molar refractivity (Wildman–Crippen MR) is 202 cm³/mol. The molecule has 0 aliphatic carbocycles. The molecule has 0 aliphatic heterocycles. The van der Waals surface area contributed by atoms with Crippen LogP contribution >= 0.6 is 0 Å². The van der Waals surface area contributed by atoms with Crippen LogP contribution < -0.4 is 0 Å². The largest absolute Gasteiger partial charge is 0.310 e. The van der Waals surface area contributed by atoms with E-state index in [9.17, 15) is 10.5 Å². The highest BCUT2D eigenvalue weighted by Gasteiger charge is 2.18. The van der Waals surface area contributed by atoms with Gasteiger partial charge >= 0.3 is 0 Å². The van der Waals surface area contributed by atoms with E-state index in [-0.39, 0.29) is 0 Å². The Bertz CT molecular complexity index is 2920. The summed E-state index contributed by atoms with van der Waals surface area (Å²) in [5.74, 6) is 0. The number of nitriles is 2. The van der Waals surface area contributed by atoms with E-state index in [0.29, 0.717) is 16.8 Å². The van der Waals surface area contributed by atoms with Gasteiger partial charge in [0.2, 0.25) is 0 Å². The molecule has 9 aromatic rings. The number of para-hydroxylation sites is 3. The lowest BCUT2D eigenvalue weighted by Gasteiger charge is -2.16. The van der Waals surface area contributed by atoms with E-state index in [2.05, 4.69) is 92.8 Å². The van der Waals surface area contributed by atoms with E-state index >= 15 is 0 Å². The number of hydrogen-bond acceptors (Lipinski definition) is 2. The van der Waals surface area contributed by atoms with Gasteiger partial charge < -0.3 is 9.13 Å². The van der Waals surface area contributed by atoms with Crippen molar-refractivity contribution in [2.45, 2.75) is 0 Å². The minimum absolute atomic E-state index is 0.534. The van der Waals surface area contributed by atoms with Crippen molar-refractivity contribution in [3.63, 3.8) is 0 Å². The summed E-state index contributed by atoms with van der Waals surface area (Å²) in [6.45, 7) is 7.82. The normalized spacial score (nSPS) is 11.1. The van der Waals surface area contributed by atoms with E-state index in [0.717, 1.165) is 66.5 Å². The average Bonchev–Trinajstić information content (AvgIpc) is 3.70. The first-order valence-corrected chi connectivity index (χ1v) is 16.3. The van der Waals surface area contributed by atoms with Crippen LogP contribution in [-0.4, -0.2) is 9.13 Å². The summed E-state index contributed by atoms with van der Waals surface area (Å²) >= 11 is 0. The molecule has 230 valence electrons. The number of fused-ring (bicyclic) bond motifs is 6. The molecule has 0 N–H and O–H groups in total.